The predicted octanol–water partition coefficient (Wildman–Crippen LogP) is 3.82. The van der Waals surface area contributed by atoms with Crippen molar-refractivity contribution >= 4 is 0 Å². The monoisotopic (exact) mass is 175 g/mol. The van der Waals surface area contributed by atoms with Gasteiger partial charge in [0.05, 0.1) is 0 Å². The molecule has 0 heterocycles. The van der Waals surface area contributed by atoms with E-state index in [2.05, 4.69) is 27.7 Å². The van der Waals surface area contributed by atoms with Crippen molar-refractivity contribution in [3.8, 4) is 0 Å². The minimum absolute atomic E-state index is 0.844. The molecule has 0 atom stereocenters. The van der Waals surface area contributed by atoms with Crippen LogP contribution in [0.25, 0.3) is 0 Å². The van der Waals surface area contributed by atoms with Crippen LogP contribution < -0.4 is 5.73 Å². The molecule has 1 nitrogen and oxygen atoms in total. The SMILES string of the molecule is CC.CCC(C)C.CCCCN. The molecule has 1 heteroatoms. The van der Waals surface area contributed by atoms with Crippen LogP contribution >= 0.6 is 0 Å². The molecule has 0 aromatic rings. The molecule has 0 aliphatic heterocycles. The Hall–Kier alpha value is -0.0400. The Labute approximate surface area is 79.7 Å². The smallest absolute Gasteiger partial charge is 0.00774 e. The predicted molar refractivity (Wildman–Crippen MR) is 60.4 cm³/mol. The Kier molecular flexibility index (Phi) is 33.5. The summed E-state index contributed by atoms with van der Waals surface area (Å²) in [6.45, 7) is 13.6. The standard InChI is InChI=1S/C5H12.C4H11N.C2H6/c1-4-5(2)3;1-2-3-4-5;1-2/h5H,4H2,1-3H3;2-5H2,1H3;1-2H3. The maximum Gasteiger partial charge on any atom is -0.00774 e. The van der Waals surface area contributed by atoms with Crippen LogP contribution in [0.1, 0.15) is 60.8 Å². The highest BCUT2D eigenvalue weighted by Gasteiger charge is 1.80. The zero-order chi connectivity index (χ0) is 10.4. The van der Waals surface area contributed by atoms with E-state index in [-0.39, 0.29) is 0 Å². The van der Waals surface area contributed by atoms with Gasteiger partial charge in [-0.05, 0) is 18.9 Å². The Morgan fingerprint density at radius 3 is 1.42 bits per heavy atom. The number of unbranched alkanes of at least 4 members (excludes halogenated alkanes) is 1. The van der Waals surface area contributed by atoms with Crippen molar-refractivity contribution in [3.63, 3.8) is 0 Å². The molecular weight excluding hydrogens is 146 g/mol. The van der Waals surface area contributed by atoms with Crippen LogP contribution in [0.15, 0.2) is 0 Å². The van der Waals surface area contributed by atoms with E-state index in [1.54, 1.807) is 0 Å². The van der Waals surface area contributed by atoms with E-state index in [0.717, 1.165) is 12.5 Å². The average Bonchev–Trinajstić information content (AvgIpc) is 2.10. The molecule has 0 spiro atoms. The lowest BCUT2D eigenvalue weighted by molar-refractivity contribution is 0.626. The second-order valence-electron chi connectivity index (χ2n) is 2.94. The zero-order valence-corrected chi connectivity index (χ0v) is 9.98. The lowest BCUT2D eigenvalue weighted by atomic mass is 10.2. The Bertz CT molecular complexity index is 40.3. The molecule has 2 N–H and O–H groups in total. The third-order valence-corrected chi connectivity index (χ3v) is 1.37. The maximum atomic E-state index is 5.14. The van der Waals surface area contributed by atoms with Gasteiger partial charge in [0.1, 0.15) is 0 Å². The first-order chi connectivity index (χ1) is 5.68. The van der Waals surface area contributed by atoms with E-state index < -0.39 is 0 Å². The fourth-order valence-electron chi connectivity index (χ4n) is 0.204. The van der Waals surface area contributed by atoms with Crippen LogP contribution in [-0.2, 0) is 0 Å². The van der Waals surface area contributed by atoms with Crippen LogP contribution in [0.4, 0.5) is 0 Å². The highest BCUT2D eigenvalue weighted by Crippen LogP contribution is 1.93. The van der Waals surface area contributed by atoms with Crippen molar-refractivity contribution in [3.05, 3.63) is 0 Å². The van der Waals surface area contributed by atoms with Gasteiger partial charge < -0.3 is 5.73 Å². The van der Waals surface area contributed by atoms with E-state index in [4.69, 9.17) is 5.73 Å². The topological polar surface area (TPSA) is 26.0 Å². The normalized spacial score (nSPS) is 8.00. The van der Waals surface area contributed by atoms with E-state index in [1.807, 2.05) is 13.8 Å². The van der Waals surface area contributed by atoms with Gasteiger partial charge in [-0.1, -0.05) is 54.4 Å². The molecule has 78 valence electrons. The second kappa shape index (κ2) is 22.4. The van der Waals surface area contributed by atoms with Crippen LogP contribution in [-0.4, -0.2) is 6.54 Å². The molecular formula is C11H29N. The number of nitrogens with two attached hydrogens (primary N) is 1. The van der Waals surface area contributed by atoms with Crippen LogP contribution in [0.5, 0.6) is 0 Å². The van der Waals surface area contributed by atoms with Crippen molar-refractivity contribution < 1.29 is 0 Å². The third-order valence-electron chi connectivity index (χ3n) is 1.37. The highest BCUT2D eigenvalue weighted by molar-refractivity contribution is 4.32. The molecule has 0 saturated carbocycles. The average molecular weight is 175 g/mol. The Balaban J connectivity index is -0.000000112. The van der Waals surface area contributed by atoms with Gasteiger partial charge in [0.2, 0.25) is 0 Å². The van der Waals surface area contributed by atoms with Gasteiger partial charge in [-0.3, -0.25) is 0 Å². The minimum atomic E-state index is 0.844. The molecule has 0 rings (SSSR count). The molecule has 0 aromatic carbocycles. The van der Waals surface area contributed by atoms with Crippen LogP contribution in [0, 0.1) is 5.92 Å². The zero-order valence-electron chi connectivity index (χ0n) is 9.98. The molecule has 0 bridgehead atoms. The van der Waals surface area contributed by atoms with Gasteiger partial charge in [0.15, 0.2) is 0 Å². The number of rotatable bonds is 3. The van der Waals surface area contributed by atoms with E-state index in [0.29, 0.717) is 0 Å². The van der Waals surface area contributed by atoms with Crippen molar-refractivity contribution in [1.82, 2.24) is 0 Å². The van der Waals surface area contributed by atoms with E-state index >= 15 is 0 Å². The van der Waals surface area contributed by atoms with Gasteiger partial charge in [0.25, 0.3) is 0 Å². The number of hydrogen-bond donors (Lipinski definition) is 1. The first kappa shape index (κ1) is 17.9. The van der Waals surface area contributed by atoms with Gasteiger partial charge in [-0.2, -0.15) is 0 Å². The minimum Gasteiger partial charge on any atom is -0.330 e. The van der Waals surface area contributed by atoms with Crippen molar-refractivity contribution in [2.24, 2.45) is 11.7 Å². The summed E-state index contributed by atoms with van der Waals surface area (Å²) in [5, 5.41) is 0. The summed E-state index contributed by atoms with van der Waals surface area (Å²) < 4.78 is 0. The molecule has 0 fully saturated rings. The highest BCUT2D eigenvalue weighted by atomic mass is 14.5. The molecule has 0 aliphatic rings. The summed E-state index contributed by atoms with van der Waals surface area (Å²) in [5.41, 5.74) is 5.14. The molecule has 0 saturated heterocycles. The third kappa shape index (κ3) is 51.0. The first-order valence-electron chi connectivity index (χ1n) is 5.39. The maximum absolute atomic E-state index is 5.14. The lowest BCUT2D eigenvalue weighted by Crippen LogP contribution is -1.95. The molecule has 0 amide bonds. The van der Waals surface area contributed by atoms with Gasteiger partial charge in [0, 0.05) is 0 Å². The largest absolute Gasteiger partial charge is 0.330 e. The summed E-state index contributed by atoms with van der Waals surface area (Å²) in [5.74, 6) is 0.884. The van der Waals surface area contributed by atoms with Gasteiger partial charge in [-0.15, -0.1) is 0 Å². The van der Waals surface area contributed by atoms with Gasteiger partial charge in [-0.25, -0.2) is 0 Å². The van der Waals surface area contributed by atoms with Crippen molar-refractivity contribution in [2.75, 3.05) is 6.54 Å². The molecule has 0 aliphatic carbocycles. The summed E-state index contributed by atoms with van der Waals surface area (Å²) in [6.07, 6.45) is 3.69. The summed E-state index contributed by atoms with van der Waals surface area (Å²) in [6, 6.07) is 0. The molecule has 12 heavy (non-hydrogen) atoms. The summed E-state index contributed by atoms with van der Waals surface area (Å²) in [4.78, 5) is 0. The molecule has 0 unspecified atom stereocenters. The fourth-order valence-corrected chi connectivity index (χ4v) is 0.204. The first-order valence-corrected chi connectivity index (χ1v) is 5.39. The fraction of sp³-hybridized carbons (Fsp3) is 1.00. The molecule has 0 aromatic heterocycles. The quantitative estimate of drug-likeness (QED) is 0.693. The second-order valence-corrected chi connectivity index (χ2v) is 2.94. The van der Waals surface area contributed by atoms with E-state index in [1.165, 1.54) is 19.3 Å². The Morgan fingerprint density at radius 2 is 1.42 bits per heavy atom. The van der Waals surface area contributed by atoms with Crippen molar-refractivity contribution in [1.29, 1.82) is 0 Å². The van der Waals surface area contributed by atoms with E-state index in [9.17, 15) is 0 Å². The van der Waals surface area contributed by atoms with Crippen LogP contribution in [0.3, 0.4) is 0 Å². The molecule has 0 radical (unpaired) electrons. The Morgan fingerprint density at radius 1 is 1.08 bits per heavy atom. The van der Waals surface area contributed by atoms with Crippen LogP contribution in [0.2, 0.25) is 0 Å². The summed E-state index contributed by atoms with van der Waals surface area (Å²) in [7, 11) is 0. The number of hydrogen-bond acceptors (Lipinski definition) is 1. The van der Waals surface area contributed by atoms with Gasteiger partial charge >= 0.3 is 0 Å². The lowest BCUT2D eigenvalue weighted by Gasteiger charge is -1.90. The summed E-state index contributed by atoms with van der Waals surface area (Å²) >= 11 is 0. The van der Waals surface area contributed by atoms with Crippen molar-refractivity contribution in [2.45, 2.75) is 60.8 Å².